The minimum Gasteiger partial charge on any atom is -0.354 e. The Morgan fingerprint density at radius 2 is 2.06 bits per heavy atom. The Hall–Kier alpha value is -0.760. The molecule has 0 saturated carbocycles. The van der Waals surface area contributed by atoms with Crippen molar-refractivity contribution in [1.82, 2.24) is 4.98 Å². The zero-order chi connectivity index (χ0) is 12.7. The van der Waals surface area contributed by atoms with E-state index in [4.69, 9.17) is 11.6 Å². The Bertz CT molecular complexity index is 326. The fraction of sp³-hybridized carbons (Fsp3) is 0.643. The lowest BCUT2D eigenvalue weighted by molar-refractivity contribution is 0.619. The van der Waals surface area contributed by atoms with Gasteiger partial charge in [0, 0.05) is 12.6 Å². The Labute approximate surface area is 110 Å². The number of rotatable bonds is 7. The molecular weight excluding hydrogens is 232 g/mol. The maximum Gasteiger partial charge on any atom is 0.129 e. The summed E-state index contributed by atoms with van der Waals surface area (Å²) in [6.45, 7) is 7.72. The first-order valence-electron chi connectivity index (χ1n) is 6.47. The van der Waals surface area contributed by atoms with Crippen molar-refractivity contribution in [3.05, 3.63) is 23.9 Å². The summed E-state index contributed by atoms with van der Waals surface area (Å²) in [6.07, 6.45) is 3.75. The van der Waals surface area contributed by atoms with Crippen LogP contribution < -0.4 is 4.90 Å². The Morgan fingerprint density at radius 1 is 1.29 bits per heavy atom. The first kappa shape index (κ1) is 14.3. The van der Waals surface area contributed by atoms with Crippen molar-refractivity contribution in [3.63, 3.8) is 0 Å². The van der Waals surface area contributed by atoms with Crippen molar-refractivity contribution in [2.45, 2.75) is 52.0 Å². The molecule has 1 aromatic heterocycles. The number of pyridine rings is 1. The van der Waals surface area contributed by atoms with E-state index in [0.717, 1.165) is 18.1 Å². The van der Waals surface area contributed by atoms with Crippen LogP contribution in [0.15, 0.2) is 18.2 Å². The van der Waals surface area contributed by atoms with Crippen molar-refractivity contribution >= 4 is 17.4 Å². The van der Waals surface area contributed by atoms with E-state index in [9.17, 15) is 0 Å². The lowest BCUT2D eigenvalue weighted by Gasteiger charge is -2.28. The Balaban J connectivity index is 2.74. The molecule has 0 aromatic carbocycles. The lowest BCUT2D eigenvalue weighted by atomic mass is 10.2. The van der Waals surface area contributed by atoms with Crippen molar-refractivity contribution in [3.8, 4) is 0 Å². The summed E-state index contributed by atoms with van der Waals surface area (Å²) >= 11 is 5.83. The highest BCUT2D eigenvalue weighted by Crippen LogP contribution is 2.16. The van der Waals surface area contributed by atoms with Gasteiger partial charge in [-0.15, -0.1) is 11.6 Å². The van der Waals surface area contributed by atoms with E-state index in [-0.39, 0.29) is 0 Å². The van der Waals surface area contributed by atoms with Crippen LogP contribution in [0.5, 0.6) is 0 Å². The first-order chi connectivity index (χ1) is 8.19. The number of unbranched alkanes of at least 4 members (excludes halogenated alkanes) is 2. The summed E-state index contributed by atoms with van der Waals surface area (Å²) < 4.78 is 0. The molecule has 96 valence electrons. The van der Waals surface area contributed by atoms with Crippen LogP contribution in [0.1, 0.15) is 45.7 Å². The van der Waals surface area contributed by atoms with Crippen LogP contribution in [0.25, 0.3) is 0 Å². The second-order valence-electron chi connectivity index (χ2n) is 4.62. The van der Waals surface area contributed by atoms with Crippen LogP contribution in [0.3, 0.4) is 0 Å². The third-order valence-electron chi connectivity index (χ3n) is 2.85. The monoisotopic (exact) mass is 254 g/mol. The predicted molar refractivity (Wildman–Crippen MR) is 75.8 cm³/mol. The van der Waals surface area contributed by atoms with Gasteiger partial charge in [0.25, 0.3) is 0 Å². The summed E-state index contributed by atoms with van der Waals surface area (Å²) in [5.41, 5.74) is 0.949. The zero-order valence-corrected chi connectivity index (χ0v) is 11.9. The van der Waals surface area contributed by atoms with Crippen LogP contribution >= 0.6 is 11.6 Å². The fourth-order valence-electron chi connectivity index (χ4n) is 1.87. The minimum atomic E-state index is 0.477. The third-order valence-corrected chi connectivity index (χ3v) is 3.12. The Morgan fingerprint density at radius 3 is 2.65 bits per heavy atom. The van der Waals surface area contributed by atoms with Crippen molar-refractivity contribution in [2.75, 3.05) is 11.4 Å². The van der Waals surface area contributed by atoms with Crippen LogP contribution in [-0.4, -0.2) is 17.6 Å². The zero-order valence-electron chi connectivity index (χ0n) is 11.1. The number of alkyl halides is 1. The number of halogens is 1. The molecule has 0 amide bonds. The molecule has 0 unspecified atom stereocenters. The van der Waals surface area contributed by atoms with E-state index < -0.39 is 0 Å². The normalized spacial score (nSPS) is 10.9. The predicted octanol–water partition coefficient (Wildman–Crippen LogP) is 4.23. The Kier molecular flexibility index (Phi) is 6.35. The number of hydrogen-bond acceptors (Lipinski definition) is 2. The lowest BCUT2D eigenvalue weighted by Crippen LogP contribution is -2.32. The molecule has 17 heavy (non-hydrogen) atoms. The average molecular weight is 255 g/mol. The van der Waals surface area contributed by atoms with Crippen LogP contribution in [0, 0.1) is 0 Å². The molecule has 0 N–H and O–H groups in total. The molecule has 0 atom stereocenters. The van der Waals surface area contributed by atoms with Gasteiger partial charge in [-0.2, -0.15) is 0 Å². The van der Waals surface area contributed by atoms with E-state index in [1.54, 1.807) is 0 Å². The number of nitrogens with zero attached hydrogens (tertiary/aromatic N) is 2. The van der Waals surface area contributed by atoms with Gasteiger partial charge in [0.05, 0.1) is 11.6 Å². The second-order valence-corrected chi connectivity index (χ2v) is 4.88. The first-order valence-corrected chi connectivity index (χ1v) is 7.01. The van der Waals surface area contributed by atoms with Crippen LogP contribution in [-0.2, 0) is 5.88 Å². The number of hydrogen-bond donors (Lipinski definition) is 0. The summed E-state index contributed by atoms with van der Waals surface area (Å²) in [6, 6.07) is 6.56. The summed E-state index contributed by atoms with van der Waals surface area (Å²) in [4.78, 5) is 6.94. The van der Waals surface area contributed by atoms with Crippen LogP contribution in [0.2, 0.25) is 0 Å². The van der Waals surface area contributed by atoms with Gasteiger partial charge in [-0.05, 0) is 32.4 Å². The van der Waals surface area contributed by atoms with Gasteiger partial charge in [0.1, 0.15) is 5.82 Å². The standard InChI is InChI=1S/C14H23ClN2/c1-4-5-6-10-17(12(2)3)14-9-7-8-13(11-15)16-14/h7-9,12H,4-6,10-11H2,1-3H3. The SMILES string of the molecule is CCCCCN(c1cccc(CCl)n1)C(C)C. The smallest absolute Gasteiger partial charge is 0.129 e. The van der Waals surface area contributed by atoms with Gasteiger partial charge < -0.3 is 4.90 Å². The molecule has 1 rings (SSSR count). The van der Waals surface area contributed by atoms with Crippen molar-refractivity contribution in [1.29, 1.82) is 0 Å². The van der Waals surface area contributed by atoms with Crippen molar-refractivity contribution in [2.24, 2.45) is 0 Å². The van der Waals surface area contributed by atoms with Gasteiger partial charge >= 0.3 is 0 Å². The molecule has 1 aromatic rings. The molecule has 0 bridgehead atoms. The summed E-state index contributed by atoms with van der Waals surface area (Å²) in [5, 5.41) is 0. The van der Waals surface area contributed by atoms with Gasteiger partial charge in [0.2, 0.25) is 0 Å². The van der Waals surface area contributed by atoms with Gasteiger partial charge in [-0.1, -0.05) is 25.8 Å². The van der Waals surface area contributed by atoms with Gasteiger partial charge in [0.15, 0.2) is 0 Å². The molecule has 0 saturated heterocycles. The topological polar surface area (TPSA) is 16.1 Å². The van der Waals surface area contributed by atoms with E-state index >= 15 is 0 Å². The summed E-state index contributed by atoms with van der Waals surface area (Å²) in [7, 11) is 0. The second kappa shape index (κ2) is 7.54. The average Bonchev–Trinajstić information content (AvgIpc) is 2.34. The molecule has 0 aliphatic heterocycles. The molecule has 1 heterocycles. The fourth-order valence-corrected chi connectivity index (χ4v) is 2.02. The largest absolute Gasteiger partial charge is 0.354 e. The van der Waals surface area contributed by atoms with E-state index in [2.05, 4.69) is 36.7 Å². The van der Waals surface area contributed by atoms with Crippen LogP contribution in [0.4, 0.5) is 5.82 Å². The highest BCUT2D eigenvalue weighted by molar-refractivity contribution is 6.16. The molecular formula is C14H23ClN2. The molecule has 0 spiro atoms. The van der Waals surface area contributed by atoms with Gasteiger partial charge in [-0.25, -0.2) is 4.98 Å². The quantitative estimate of drug-likeness (QED) is 0.535. The van der Waals surface area contributed by atoms with E-state index in [1.165, 1.54) is 19.3 Å². The van der Waals surface area contributed by atoms with Crippen molar-refractivity contribution < 1.29 is 0 Å². The maximum atomic E-state index is 5.83. The molecule has 0 aliphatic carbocycles. The molecule has 2 nitrogen and oxygen atoms in total. The minimum absolute atomic E-state index is 0.477. The summed E-state index contributed by atoms with van der Waals surface area (Å²) in [5.74, 6) is 1.53. The molecule has 0 aliphatic rings. The van der Waals surface area contributed by atoms with E-state index in [1.807, 2.05) is 12.1 Å². The molecule has 0 fully saturated rings. The third kappa shape index (κ3) is 4.55. The highest BCUT2D eigenvalue weighted by Gasteiger charge is 2.11. The number of aromatic nitrogens is 1. The maximum absolute atomic E-state index is 5.83. The van der Waals surface area contributed by atoms with Gasteiger partial charge in [-0.3, -0.25) is 0 Å². The number of anilines is 1. The van der Waals surface area contributed by atoms with E-state index in [0.29, 0.717) is 11.9 Å². The highest BCUT2D eigenvalue weighted by atomic mass is 35.5. The molecule has 0 radical (unpaired) electrons. The molecule has 3 heteroatoms.